The molecular formula is C17H17NO5. The lowest BCUT2D eigenvalue weighted by Gasteiger charge is -2.24. The number of hydrogen-bond donors (Lipinski definition) is 1. The Morgan fingerprint density at radius 1 is 1.22 bits per heavy atom. The zero-order valence-electron chi connectivity index (χ0n) is 12.6. The molecule has 23 heavy (non-hydrogen) atoms. The van der Waals surface area contributed by atoms with Crippen molar-refractivity contribution in [3.05, 3.63) is 30.5 Å². The van der Waals surface area contributed by atoms with Gasteiger partial charge in [0.15, 0.2) is 0 Å². The van der Waals surface area contributed by atoms with Crippen LogP contribution >= 0.6 is 0 Å². The summed E-state index contributed by atoms with van der Waals surface area (Å²) in [7, 11) is 1.57. The van der Waals surface area contributed by atoms with Crippen molar-refractivity contribution in [2.45, 2.75) is 25.0 Å². The van der Waals surface area contributed by atoms with E-state index in [-0.39, 0.29) is 18.1 Å². The molecule has 0 amide bonds. The Morgan fingerprint density at radius 2 is 1.96 bits per heavy atom. The fourth-order valence-electron chi connectivity index (χ4n) is 3.89. The number of nitrogens with zero attached hydrogens (tertiary/aromatic N) is 1. The van der Waals surface area contributed by atoms with Gasteiger partial charge in [-0.3, -0.25) is 14.2 Å². The van der Waals surface area contributed by atoms with E-state index in [0.29, 0.717) is 12.2 Å². The van der Waals surface area contributed by atoms with Crippen molar-refractivity contribution in [3.63, 3.8) is 0 Å². The lowest BCUT2D eigenvalue weighted by atomic mass is 9.78. The van der Waals surface area contributed by atoms with E-state index < -0.39 is 17.8 Å². The number of hydrogen-bond acceptors (Lipinski definition) is 4. The van der Waals surface area contributed by atoms with Crippen molar-refractivity contribution < 1.29 is 24.2 Å². The number of carboxylic acids is 1. The van der Waals surface area contributed by atoms with E-state index in [0.717, 1.165) is 17.3 Å². The molecular weight excluding hydrogens is 298 g/mol. The first kappa shape index (κ1) is 14.3. The van der Waals surface area contributed by atoms with Gasteiger partial charge in [-0.25, -0.2) is 0 Å². The largest absolute Gasteiger partial charge is 0.497 e. The van der Waals surface area contributed by atoms with Crippen molar-refractivity contribution in [2.75, 3.05) is 7.11 Å². The quantitative estimate of drug-likeness (QED) is 0.939. The second kappa shape index (κ2) is 5.09. The van der Waals surface area contributed by atoms with Gasteiger partial charge in [0.05, 0.1) is 36.7 Å². The molecule has 6 heteroatoms. The molecule has 4 rings (SSSR count). The smallest absolute Gasteiger partial charge is 0.310 e. The van der Waals surface area contributed by atoms with E-state index in [9.17, 15) is 14.7 Å². The van der Waals surface area contributed by atoms with Gasteiger partial charge < -0.3 is 14.6 Å². The van der Waals surface area contributed by atoms with E-state index in [2.05, 4.69) is 0 Å². The number of carbonyl (C=O) groups is 2. The number of ether oxygens (including phenoxy) is 2. The Kier molecular flexibility index (Phi) is 3.16. The molecule has 0 aliphatic carbocycles. The molecule has 4 atom stereocenters. The highest BCUT2D eigenvalue weighted by Gasteiger charge is 2.55. The normalized spacial score (nSPS) is 29.1. The minimum Gasteiger partial charge on any atom is -0.497 e. The van der Waals surface area contributed by atoms with Gasteiger partial charge in [0.1, 0.15) is 5.75 Å². The summed E-state index contributed by atoms with van der Waals surface area (Å²) in [5, 5.41) is 10.4. The SMILES string of the molecule is COc1ccc2ccn(C(=O)[C@H]3[C@@H](C(=O)O)[C@@H]4CC[C@H]3O4)c2c1. The van der Waals surface area contributed by atoms with Gasteiger partial charge >= 0.3 is 5.97 Å². The fraction of sp³-hybridized carbons (Fsp3) is 0.412. The zero-order valence-corrected chi connectivity index (χ0v) is 12.6. The Labute approximate surface area is 132 Å². The van der Waals surface area contributed by atoms with Crippen LogP contribution in [0.2, 0.25) is 0 Å². The van der Waals surface area contributed by atoms with Gasteiger partial charge in [-0.05, 0) is 31.0 Å². The number of carbonyl (C=O) groups excluding carboxylic acids is 1. The summed E-state index contributed by atoms with van der Waals surface area (Å²) >= 11 is 0. The maximum atomic E-state index is 13.0. The molecule has 1 aromatic carbocycles. The van der Waals surface area contributed by atoms with E-state index in [1.54, 1.807) is 19.4 Å². The first-order chi connectivity index (χ1) is 11.1. The average molecular weight is 315 g/mol. The number of fused-ring (bicyclic) bond motifs is 3. The highest BCUT2D eigenvalue weighted by Crippen LogP contribution is 2.44. The number of aliphatic carboxylic acids is 1. The molecule has 1 aromatic heterocycles. The van der Waals surface area contributed by atoms with Gasteiger partial charge in [-0.15, -0.1) is 0 Å². The lowest BCUT2D eigenvalue weighted by molar-refractivity contribution is -0.144. The molecule has 0 radical (unpaired) electrons. The van der Waals surface area contributed by atoms with E-state index in [4.69, 9.17) is 9.47 Å². The average Bonchev–Trinajstić information content (AvgIpc) is 3.26. The third-order valence-electron chi connectivity index (χ3n) is 4.98. The van der Waals surface area contributed by atoms with Crippen LogP contribution in [0.3, 0.4) is 0 Å². The predicted molar refractivity (Wildman–Crippen MR) is 81.6 cm³/mol. The van der Waals surface area contributed by atoms with E-state index in [1.165, 1.54) is 4.57 Å². The molecule has 2 aliphatic rings. The summed E-state index contributed by atoms with van der Waals surface area (Å²) in [6.45, 7) is 0. The molecule has 0 unspecified atom stereocenters. The number of rotatable bonds is 3. The Morgan fingerprint density at radius 3 is 2.65 bits per heavy atom. The van der Waals surface area contributed by atoms with Crippen LogP contribution in [0, 0.1) is 11.8 Å². The molecule has 3 heterocycles. The summed E-state index contributed by atoms with van der Waals surface area (Å²) < 4.78 is 12.4. The molecule has 2 bridgehead atoms. The Bertz CT molecular complexity index is 795. The van der Waals surface area contributed by atoms with Crippen LogP contribution in [0.5, 0.6) is 5.75 Å². The monoisotopic (exact) mass is 315 g/mol. The third kappa shape index (κ3) is 2.05. The van der Waals surface area contributed by atoms with Crippen LogP contribution in [0.15, 0.2) is 30.5 Å². The van der Waals surface area contributed by atoms with Crippen molar-refractivity contribution in [1.29, 1.82) is 0 Å². The van der Waals surface area contributed by atoms with E-state index >= 15 is 0 Å². The highest BCUT2D eigenvalue weighted by atomic mass is 16.5. The molecule has 2 fully saturated rings. The standard InChI is InChI=1S/C17H17NO5/c1-22-10-3-2-9-6-7-18(11(9)8-10)16(19)14-12-4-5-13(23-12)15(14)17(20)21/h2-3,6-8,12-15H,4-5H2,1H3,(H,20,21)/t12-,13+,14-,15+/m1/s1. The van der Waals surface area contributed by atoms with Crippen LogP contribution in [-0.2, 0) is 9.53 Å². The third-order valence-corrected chi connectivity index (χ3v) is 4.98. The Balaban J connectivity index is 1.75. The van der Waals surface area contributed by atoms with Crippen LogP contribution in [-0.4, -0.2) is 40.9 Å². The topological polar surface area (TPSA) is 77.8 Å². The molecule has 0 saturated carbocycles. The van der Waals surface area contributed by atoms with E-state index in [1.807, 2.05) is 18.2 Å². The molecule has 0 spiro atoms. The summed E-state index contributed by atoms with van der Waals surface area (Å²) in [5.74, 6) is -1.90. The predicted octanol–water partition coefficient (Wildman–Crippen LogP) is 2.17. The van der Waals surface area contributed by atoms with Gasteiger partial charge in [0.25, 0.3) is 0 Å². The molecule has 2 aliphatic heterocycles. The minimum absolute atomic E-state index is 0.215. The molecule has 2 saturated heterocycles. The van der Waals surface area contributed by atoms with Gasteiger partial charge in [0, 0.05) is 17.6 Å². The number of methoxy groups -OCH3 is 1. The minimum atomic E-state index is -0.954. The summed E-state index contributed by atoms with van der Waals surface area (Å²) in [6, 6.07) is 7.34. The summed E-state index contributed by atoms with van der Waals surface area (Å²) in [6.07, 6.45) is 2.51. The number of benzene rings is 1. The van der Waals surface area contributed by atoms with Crippen molar-refractivity contribution in [3.8, 4) is 5.75 Å². The van der Waals surface area contributed by atoms with Crippen molar-refractivity contribution >= 4 is 22.8 Å². The molecule has 1 N–H and O–H groups in total. The summed E-state index contributed by atoms with van der Waals surface area (Å²) in [5.41, 5.74) is 0.723. The van der Waals surface area contributed by atoms with Crippen LogP contribution < -0.4 is 4.74 Å². The van der Waals surface area contributed by atoms with Crippen molar-refractivity contribution in [1.82, 2.24) is 4.57 Å². The maximum Gasteiger partial charge on any atom is 0.310 e. The number of carboxylic acid groups (broad SMARTS) is 1. The second-order valence-corrected chi connectivity index (χ2v) is 6.13. The number of aromatic nitrogens is 1. The molecule has 120 valence electrons. The van der Waals surface area contributed by atoms with Gasteiger partial charge in [0.2, 0.25) is 5.91 Å². The molecule has 6 nitrogen and oxygen atoms in total. The molecule has 2 aromatic rings. The lowest BCUT2D eigenvalue weighted by Crippen LogP contribution is -2.40. The van der Waals surface area contributed by atoms with Gasteiger partial charge in [-0.2, -0.15) is 0 Å². The Hall–Kier alpha value is -2.34. The van der Waals surface area contributed by atoms with Gasteiger partial charge in [-0.1, -0.05) is 0 Å². The zero-order chi connectivity index (χ0) is 16.1. The van der Waals surface area contributed by atoms with Crippen LogP contribution in [0.25, 0.3) is 10.9 Å². The highest BCUT2D eigenvalue weighted by molar-refractivity contribution is 5.96. The fourth-order valence-corrected chi connectivity index (χ4v) is 3.89. The van der Waals surface area contributed by atoms with Crippen LogP contribution in [0.1, 0.15) is 17.6 Å². The maximum absolute atomic E-state index is 13.0. The van der Waals surface area contributed by atoms with Crippen LogP contribution in [0.4, 0.5) is 0 Å². The second-order valence-electron chi connectivity index (χ2n) is 6.13. The first-order valence-corrected chi connectivity index (χ1v) is 7.67. The first-order valence-electron chi connectivity index (χ1n) is 7.67. The van der Waals surface area contributed by atoms with Crippen molar-refractivity contribution in [2.24, 2.45) is 11.8 Å². The summed E-state index contributed by atoms with van der Waals surface area (Å²) in [4.78, 5) is 24.6.